The maximum absolute atomic E-state index is 12.6. The maximum atomic E-state index is 12.6. The van der Waals surface area contributed by atoms with Gasteiger partial charge in [0.25, 0.3) is 11.6 Å². The topological polar surface area (TPSA) is 114 Å². The summed E-state index contributed by atoms with van der Waals surface area (Å²) in [5, 5.41) is 23.0. The Morgan fingerprint density at radius 3 is 2.26 bits per heavy atom. The fraction of sp³-hybridized carbons (Fsp3) is 0.0833. The Kier molecular flexibility index (Phi) is 8.83. The van der Waals surface area contributed by atoms with Crippen LogP contribution in [0.25, 0.3) is 6.08 Å². The first kappa shape index (κ1) is 25.4. The van der Waals surface area contributed by atoms with Crippen LogP contribution in [-0.2, 0) is 11.4 Å². The molecule has 1 N–H and O–H groups in total. The first-order valence-corrected chi connectivity index (χ1v) is 11.9. The van der Waals surface area contributed by atoms with E-state index in [9.17, 15) is 20.2 Å². The Morgan fingerprint density at radius 2 is 1.74 bits per heavy atom. The van der Waals surface area contributed by atoms with E-state index in [1.54, 1.807) is 43.5 Å². The zero-order valence-corrected chi connectivity index (χ0v) is 22.1. The van der Waals surface area contributed by atoms with Crippen molar-refractivity contribution in [2.75, 3.05) is 12.4 Å². The van der Waals surface area contributed by atoms with E-state index < -0.39 is 10.8 Å². The number of amides is 1. The van der Waals surface area contributed by atoms with Gasteiger partial charge in [0.1, 0.15) is 29.7 Å². The monoisotopic (exact) mass is 681 g/mol. The van der Waals surface area contributed by atoms with Crippen LogP contribution in [0.3, 0.4) is 0 Å². The van der Waals surface area contributed by atoms with E-state index in [1.807, 2.05) is 18.2 Å². The summed E-state index contributed by atoms with van der Waals surface area (Å²) < 4.78 is 12.6. The average Bonchev–Trinajstić information content (AvgIpc) is 2.82. The van der Waals surface area contributed by atoms with Gasteiger partial charge in [-0.1, -0.05) is 0 Å². The van der Waals surface area contributed by atoms with Crippen molar-refractivity contribution >= 4 is 68.5 Å². The lowest BCUT2D eigenvalue weighted by atomic mass is 10.1. The molecule has 0 radical (unpaired) electrons. The lowest BCUT2D eigenvalue weighted by Crippen LogP contribution is -2.13. The highest BCUT2D eigenvalue weighted by molar-refractivity contribution is 14.1. The minimum absolute atomic E-state index is 0.0216. The summed E-state index contributed by atoms with van der Waals surface area (Å²) in [5.74, 6) is 0.795. The van der Waals surface area contributed by atoms with Crippen molar-refractivity contribution in [2.24, 2.45) is 0 Å². The van der Waals surface area contributed by atoms with E-state index >= 15 is 0 Å². The lowest BCUT2D eigenvalue weighted by molar-refractivity contribution is -0.384. The van der Waals surface area contributed by atoms with Crippen molar-refractivity contribution in [3.05, 3.63) is 94.6 Å². The Hall–Kier alpha value is -3.18. The van der Waals surface area contributed by atoms with Crippen molar-refractivity contribution in [3.63, 3.8) is 0 Å². The number of nitro groups is 1. The summed E-state index contributed by atoms with van der Waals surface area (Å²) >= 11 is 4.25. The van der Waals surface area contributed by atoms with Crippen molar-refractivity contribution < 1.29 is 19.2 Å². The number of carbonyl (C=O) groups is 1. The van der Waals surface area contributed by atoms with Crippen LogP contribution in [0.4, 0.5) is 11.4 Å². The molecule has 3 aromatic carbocycles. The summed E-state index contributed by atoms with van der Waals surface area (Å²) in [5.41, 5.74) is 2.00. The predicted molar refractivity (Wildman–Crippen MR) is 145 cm³/mol. The highest BCUT2D eigenvalue weighted by atomic mass is 127. The fourth-order valence-electron chi connectivity index (χ4n) is 2.86. The molecule has 0 saturated heterocycles. The third kappa shape index (κ3) is 6.67. The van der Waals surface area contributed by atoms with Gasteiger partial charge in [-0.3, -0.25) is 14.9 Å². The maximum Gasteiger partial charge on any atom is 0.269 e. The Balaban J connectivity index is 1.73. The van der Waals surface area contributed by atoms with Gasteiger partial charge in [-0.15, -0.1) is 0 Å². The molecular weight excluding hydrogens is 664 g/mol. The predicted octanol–water partition coefficient (Wildman–Crippen LogP) is 5.94. The Morgan fingerprint density at radius 1 is 1.12 bits per heavy atom. The molecule has 0 aromatic heterocycles. The second-order valence-electron chi connectivity index (χ2n) is 6.88. The van der Waals surface area contributed by atoms with E-state index in [2.05, 4.69) is 50.5 Å². The van der Waals surface area contributed by atoms with Crippen LogP contribution in [0.15, 0.2) is 66.2 Å². The smallest absolute Gasteiger partial charge is 0.269 e. The largest absolute Gasteiger partial charge is 0.497 e. The Labute approximate surface area is 223 Å². The number of halogens is 2. The summed E-state index contributed by atoms with van der Waals surface area (Å²) in [6.07, 6.45) is 1.52. The van der Waals surface area contributed by atoms with Gasteiger partial charge < -0.3 is 14.8 Å². The first-order chi connectivity index (χ1) is 16.3. The normalized spacial score (nSPS) is 10.8. The number of ether oxygens (including phenoxy) is 2. The van der Waals surface area contributed by atoms with Crippen LogP contribution >= 0.6 is 45.2 Å². The van der Waals surface area contributed by atoms with Gasteiger partial charge in [-0.25, -0.2) is 0 Å². The number of nitrogens with zero attached hydrogens (tertiary/aromatic N) is 2. The number of benzene rings is 3. The number of carbonyl (C=O) groups excluding carboxylic acids is 1. The first-order valence-electron chi connectivity index (χ1n) is 9.73. The molecule has 0 aliphatic carbocycles. The van der Waals surface area contributed by atoms with Crippen LogP contribution in [0, 0.1) is 28.6 Å². The average molecular weight is 681 g/mol. The number of hydrogen-bond acceptors (Lipinski definition) is 6. The number of nitro benzene ring substituents is 1. The van der Waals surface area contributed by atoms with Crippen molar-refractivity contribution in [2.45, 2.75) is 6.61 Å². The summed E-state index contributed by atoms with van der Waals surface area (Å²) in [4.78, 5) is 22.9. The molecular formula is C24H17I2N3O5. The third-order valence-electron chi connectivity index (χ3n) is 4.57. The molecule has 0 saturated carbocycles. The quantitative estimate of drug-likeness (QED) is 0.104. The number of anilines is 1. The van der Waals surface area contributed by atoms with Gasteiger partial charge in [-0.2, -0.15) is 5.26 Å². The van der Waals surface area contributed by atoms with Gasteiger partial charge in [0.2, 0.25) is 0 Å². The number of nitrogens with one attached hydrogen (secondary N) is 1. The molecule has 0 unspecified atom stereocenters. The molecule has 3 rings (SSSR count). The molecule has 3 aromatic rings. The van der Waals surface area contributed by atoms with Gasteiger partial charge in [-0.05, 0) is 111 Å². The number of methoxy groups -OCH3 is 1. The molecule has 34 heavy (non-hydrogen) atoms. The third-order valence-corrected chi connectivity index (χ3v) is 6.18. The molecule has 0 aliphatic heterocycles. The van der Waals surface area contributed by atoms with Gasteiger partial charge in [0, 0.05) is 17.8 Å². The van der Waals surface area contributed by atoms with Gasteiger partial charge >= 0.3 is 0 Å². The number of non-ortho nitro benzene ring substituents is 1. The molecule has 8 nitrogen and oxygen atoms in total. The second kappa shape index (κ2) is 11.8. The molecule has 10 heteroatoms. The summed E-state index contributed by atoms with van der Waals surface area (Å²) in [6, 6.07) is 18.5. The summed E-state index contributed by atoms with van der Waals surface area (Å²) in [6.45, 7) is 0.243. The second-order valence-corrected chi connectivity index (χ2v) is 9.20. The van der Waals surface area contributed by atoms with Crippen LogP contribution in [0.2, 0.25) is 0 Å². The number of nitriles is 1. The summed E-state index contributed by atoms with van der Waals surface area (Å²) in [7, 11) is 1.55. The van der Waals surface area contributed by atoms with Crippen LogP contribution in [-0.4, -0.2) is 17.9 Å². The molecule has 0 aliphatic rings. The Bertz CT molecular complexity index is 1260. The molecule has 0 heterocycles. The molecule has 0 bridgehead atoms. The molecule has 0 atom stereocenters. The molecule has 1 amide bonds. The van der Waals surface area contributed by atoms with E-state index in [-0.39, 0.29) is 17.9 Å². The minimum Gasteiger partial charge on any atom is -0.497 e. The number of hydrogen-bond donors (Lipinski definition) is 1. The molecule has 172 valence electrons. The van der Waals surface area contributed by atoms with Crippen LogP contribution in [0.1, 0.15) is 11.1 Å². The minimum atomic E-state index is -0.517. The standard InChI is InChI=1S/C24H17I2N3O5/c1-33-20-8-4-18(5-9-20)28-24(30)17(13-27)10-16-11-21(25)23(22(26)12-16)34-14-15-2-6-19(7-3-15)29(31)32/h2-12H,14H2,1H3,(H,28,30)/b17-10-. The lowest BCUT2D eigenvalue weighted by Gasteiger charge is -2.12. The highest BCUT2D eigenvalue weighted by Gasteiger charge is 2.13. The van der Waals surface area contributed by atoms with E-state index in [0.29, 0.717) is 22.7 Å². The van der Waals surface area contributed by atoms with Gasteiger partial charge in [0.05, 0.1) is 19.2 Å². The van der Waals surface area contributed by atoms with E-state index in [0.717, 1.165) is 12.7 Å². The van der Waals surface area contributed by atoms with E-state index in [4.69, 9.17) is 9.47 Å². The molecule has 0 spiro atoms. The fourth-order valence-corrected chi connectivity index (χ4v) is 4.99. The zero-order chi connectivity index (χ0) is 24.7. The molecule has 0 fully saturated rings. The van der Waals surface area contributed by atoms with E-state index in [1.165, 1.54) is 18.2 Å². The van der Waals surface area contributed by atoms with Crippen LogP contribution in [0.5, 0.6) is 11.5 Å². The van der Waals surface area contributed by atoms with Gasteiger partial charge in [0.15, 0.2) is 0 Å². The van der Waals surface area contributed by atoms with Crippen molar-refractivity contribution in [1.82, 2.24) is 0 Å². The SMILES string of the molecule is COc1ccc(NC(=O)/C(C#N)=C\c2cc(I)c(OCc3ccc([N+](=O)[O-])cc3)c(I)c2)cc1. The van der Waals surface area contributed by atoms with Crippen molar-refractivity contribution in [3.8, 4) is 17.6 Å². The highest BCUT2D eigenvalue weighted by Crippen LogP contribution is 2.31. The zero-order valence-electron chi connectivity index (χ0n) is 17.7. The van der Waals surface area contributed by atoms with Crippen molar-refractivity contribution in [1.29, 1.82) is 5.26 Å². The number of rotatable bonds is 8. The van der Waals surface area contributed by atoms with Crippen LogP contribution < -0.4 is 14.8 Å².